The van der Waals surface area contributed by atoms with E-state index in [1.807, 2.05) is 31.5 Å². The summed E-state index contributed by atoms with van der Waals surface area (Å²) in [6.07, 6.45) is 9.61. The minimum absolute atomic E-state index is 0.0614. The lowest BCUT2D eigenvalue weighted by atomic mass is 10.0. The number of hydrogen-bond donors (Lipinski definition) is 2. The predicted molar refractivity (Wildman–Crippen MR) is 115 cm³/mol. The minimum Gasteiger partial charge on any atom is -0.446 e. The number of tetrazole rings is 1. The lowest BCUT2D eigenvalue weighted by Crippen LogP contribution is -2.36. The summed E-state index contributed by atoms with van der Waals surface area (Å²) in [7, 11) is 1.71. The van der Waals surface area contributed by atoms with Gasteiger partial charge in [0.2, 0.25) is 11.8 Å². The topological polar surface area (TPSA) is 133 Å². The molecule has 166 valence electrons. The number of hydrogen-bond acceptors (Lipinski definition) is 9. The average Bonchev–Trinajstić information content (AvgIpc) is 3.14. The van der Waals surface area contributed by atoms with Gasteiger partial charge >= 0.3 is 6.09 Å². The van der Waals surface area contributed by atoms with E-state index in [0.29, 0.717) is 23.4 Å². The molecule has 0 saturated heterocycles. The Balaban J connectivity index is 1.14. The van der Waals surface area contributed by atoms with E-state index >= 15 is 0 Å². The SMILES string of the molecule is Cn1nnc(-c2ccc(Nc3ncc([C@H]4CC[C@@H](OC(=O)NC5(C)CC5)C4)cn3)cn2)n1. The van der Waals surface area contributed by atoms with Crippen LogP contribution in [0.5, 0.6) is 0 Å². The van der Waals surface area contributed by atoms with E-state index < -0.39 is 0 Å². The maximum absolute atomic E-state index is 12.0. The lowest BCUT2D eigenvalue weighted by molar-refractivity contribution is 0.0967. The molecule has 5 rings (SSSR count). The largest absolute Gasteiger partial charge is 0.446 e. The van der Waals surface area contributed by atoms with Crippen LogP contribution in [-0.2, 0) is 11.8 Å². The fourth-order valence-corrected chi connectivity index (χ4v) is 3.82. The average molecular weight is 435 g/mol. The summed E-state index contributed by atoms with van der Waals surface area (Å²) < 4.78 is 5.60. The number of aromatic nitrogens is 7. The zero-order valence-electron chi connectivity index (χ0n) is 18.0. The van der Waals surface area contributed by atoms with Crippen LogP contribution in [0.4, 0.5) is 16.4 Å². The second kappa shape index (κ2) is 8.13. The van der Waals surface area contributed by atoms with Gasteiger partial charge in [0.25, 0.3) is 0 Å². The van der Waals surface area contributed by atoms with Crippen LogP contribution in [0, 0.1) is 0 Å². The molecular formula is C21H25N9O2. The van der Waals surface area contributed by atoms with Crippen molar-refractivity contribution >= 4 is 17.7 Å². The van der Waals surface area contributed by atoms with E-state index in [9.17, 15) is 4.79 Å². The second-order valence-electron chi connectivity index (χ2n) is 8.72. The van der Waals surface area contributed by atoms with Gasteiger partial charge in [0.15, 0.2) is 0 Å². The van der Waals surface area contributed by atoms with Gasteiger partial charge < -0.3 is 15.4 Å². The van der Waals surface area contributed by atoms with Crippen molar-refractivity contribution < 1.29 is 9.53 Å². The molecule has 2 aliphatic rings. The maximum Gasteiger partial charge on any atom is 0.407 e. The van der Waals surface area contributed by atoms with Gasteiger partial charge in [-0.25, -0.2) is 14.8 Å². The molecule has 0 bridgehead atoms. The molecule has 2 fully saturated rings. The molecule has 11 heteroatoms. The van der Waals surface area contributed by atoms with E-state index in [2.05, 4.69) is 41.0 Å². The minimum atomic E-state index is -0.304. The first-order valence-corrected chi connectivity index (χ1v) is 10.7. The summed E-state index contributed by atoms with van der Waals surface area (Å²) >= 11 is 0. The highest BCUT2D eigenvalue weighted by molar-refractivity contribution is 5.69. The normalized spacial score (nSPS) is 21.2. The van der Waals surface area contributed by atoms with Crippen LogP contribution in [0.25, 0.3) is 11.5 Å². The van der Waals surface area contributed by atoms with E-state index in [1.165, 1.54) is 4.80 Å². The highest BCUT2D eigenvalue weighted by Gasteiger charge is 2.40. The van der Waals surface area contributed by atoms with Gasteiger partial charge in [-0.2, -0.15) is 4.80 Å². The van der Waals surface area contributed by atoms with Crippen LogP contribution in [0.1, 0.15) is 50.5 Å². The number of rotatable bonds is 6. The van der Waals surface area contributed by atoms with Crippen molar-refractivity contribution in [2.45, 2.75) is 56.6 Å². The van der Waals surface area contributed by atoms with Gasteiger partial charge in [0.1, 0.15) is 11.8 Å². The van der Waals surface area contributed by atoms with E-state index in [-0.39, 0.29) is 17.7 Å². The number of carbonyl (C=O) groups excluding carboxylic acids is 1. The van der Waals surface area contributed by atoms with Gasteiger partial charge in [-0.1, -0.05) is 0 Å². The number of nitrogens with one attached hydrogen (secondary N) is 2. The summed E-state index contributed by atoms with van der Waals surface area (Å²) in [5.41, 5.74) is 2.39. The molecule has 2 saturated carbocycles. The number of carbonyl (C=O) groups is 1. The Hall–Kier alpha value is -3.63. The number of ether oxygens (including phenoxy) is 1. The maximum atomic E-state index is 12.0. The predicted octanol–water partition coefficient (Wildman–Crippen LogP) is 2.72. The molecule has 0 aromatic carbocycles. The van der Waals surface area contributed by atoms with Crippen LogP contribution in [-0.4, -0.2) is 52.9 Å². The van der Waals surface area contributed by atoms with Gasteiger partial charge in [0, 0.05) is 17.9 Å². The van der Waals surface area contributed by atoms with Crippen LogP contribution in [0.3, 0.4) is 0 Å². The highest BCUT2D eigenvalue weighted by atomic mass is 16.6. The second-order valence-corrected chi connectivity index (χ2v) is 8.72. The van der Waals surface area contributed by atoms with Gasteiger partial charge in [-0.05, 0) is 67.9 Å². The molecule has 0 radical (unpaired) electrons. The van der Waals surface area contributed by atoms with E-state index in [1.54, 1.807) is 13.2 Å². The van der Waals surface area contributed by atoms with Gasteiger partial charge in [-0.15, -0.1) is 10.2 Å². The number of aryl methyl sites for hydroxylation is 1. The Kier molecular flexibility index (Phi) is 5.16. The third kappa shape index (κ3) is 4.66. The Morgan fingerprint density at radius 2 is 1.97 bits per heavy atom. The van der Waals surface area contributed by atoms with Crippen molar-refractivity contribution in [1.82, 2.24) is 40.5 Å². The van der Waals surface area contributed by atoms with Gasteiger partial charge in [0.05, 0.1) is 18.9 Å². The molecule has 2 atom stereocenters. The first-order valence-electron chi connectivity index (χ1n) is 10.7. The molecule has 0 spiro atoms. The Morgan fingerprint density at radius 3 is 2.62 bits per heavy atom. The van der Waals surface area contributed by atoms with Crippen molar-refractivity contribution in [2.24, 2.45) is 7.05 Å². The van der Waals surface area contributed by atoms with Crippen molar-refractivity contribution in [2.75, 3.05) is 5.32 Å². The number of amides is 1. The number of anilines is 2. The fourth-order valence-electron chi connectivity index (χ4n) is 3.82. The quantitative estimate of drug-likeness (QED) is 0.599. The number of nitrogens with zero attached hydrogens (tertiary/aromatic N) is 7. The third-order valence-electron chi connectivity index (χ3n) is 5.96. The summed E-state index contributed by atoms with van der Waals surface area (Å²) in [5.74, 6) is 1.25. The monoisotopic (exact) mass is 435 g/mol. The zero-order chi connectivity index (χ0) is 22.1. The van der Waals surface area contributed by atoms with E-state index in [0.717, 1.165) is 43.4 Å². The summed E-state index contributed by atoms with van der Waals surface area (Å²) in [6.45, 7) is 2.04. The molecule has 3 aromatic heterocycles. The summed E-state index contributed by atoms with van der Waals surface area (Å²) in [6, 6.07) is 3.67. The molecule has 0 aliphatic heterocycles. The lowest BCUT2D eigenvalue weighted by Gasteiger charge is -2.16. The van der Waals surface area contributed by atoms with Crippen LogP contribution < -0.4 is 10.6 Å². The van der Waals surface area contributed by atoms with E-state index in [4.69, 9.17) is 4.74 Å². The zero-order valence-corrected chi connectivity index (χ0v) is 18.0. The summed E-state index contributed by atoms with van der Waals surface area (Å²) in [4.78, 5) is 26.7. The Bertz CT molecular complexity index is 1090. The Labute approximate surface area is 185 Å². The fraction of sp³-hybridized carbons (Fsp3) is 0.476. The first kappa shape index (κ1) is 20.3. The molecule has 2 aliphatic carbocycles. The molecular weight excluding hydrogens is 410 g/mol. The first-order chi connectivity index (χ1) is 15.5. The van der Waals surface area contributed by atoms with Crippen molar-refractivity contribution in [1.29, 1.82) is 0 Å². The molecule has 3 heterocycles. The molecule has 2 N–H and O–H groups in total. The van der Waals surface area contributed by atoms with Gasteiger partial charge in [-0.3, -0.25) is 4.98 Å². The standard InChI is InChI=1S/C21H25N9O2/c1-21(7-8-21)26-20(31)32-16-5-3-13(9-16)14-10-23-19(24-11-14)25-15-4-6-17(22-12-15)18-27-29-30(2)28-18/h4,6,10-13,16H,3,5,7-9H2,1-2H3,(H,26,31)(H,23,24,25)/t13-,16+/m0/s1. The van der Waals surface area contributed by atoms with Crippen LogP contribution >= 0.6 is 0 Å². The molecule has 11 nitrogen and oxygen atoms in total. The van der Waals surface area contributed by atoms with Crippen molar-refractivity contribution in [3.8, 4) is 11.5 Å². The third-order valence-corrected chi connectivity index (χ3v) is 5.96. The Morgan fingerprint density at radius 1 is 1.16 bits per heavy atom. The van der Waals surface area contributed by atoms with Crippen LogP contribution in [0.2, 0.25) is 0 Å². The highest BCUT2D eigenvalue weighted by Crippen LogP contribution is 2.37. The summed E-state index contributed by atoms with van der Waals surface area (Å²) in [5, 5.41) is 18.0. The van der Waals surface area contributed by atoms with Crippen LogP contribution in [0.15, 0.2) is 30.7 Å². The number of pyridine rings is 1. The molecule has 3 aromatic rings. The van der Waals surface area contributed by atoms with Crippen molar-refractivity contribution in [3.63, 3.8) is 0 Å². The van der Waals surface area contributed by atoms with Crippen molar-refractivity contribution in [3.05, 3.63) is 36.3 Å². The molecule has 1 amide bonds. The molecule has 32 heavy (non-hydrogen) atoms. The number of alkyl carbamates (subject to hydrolysis) is 1. The smallest absolute Gasteiger partial charge is 0.407 e. The molecule has 0 unspecified atom stereocenters.